The van der Waals surface area contributed by atoms with Crippen molar-refractivity contribution in [2.24, 2.45) is 5.73 Å². The molecule has 1 unspecified atom stereocenters. The van der Waals surface area contributed by atoms with Crippen molar-refractivity contribution >= 4 is 29.1 Å². The highest BCUT2D eigenvalue weighted by molar-refractivity contribution is 6.05. The Morgan fingerprint density at radius 3 is 2.70 bits per heavy atom. The van der Waals surface area contributed by atoms with Gasteiger partial charge in [0.25, 0.3) is 0 Å². The Morgan fingerprint density at radius 1 is 1.02 bits per heavy atom. The van der Waals surface area contributed by atoms with Gasteiger partial charge < -0.3 is 21.3 Å². The number of unbranched alkanes of at least 4 members (excludes halogenated alkanes) is 2. The van der Waals surface area contributed by atoms with Crippen LogP contribution in [0.25, 0.3) is 16.9 Å². The van der Waals surface area contributed by atoms with E-state index < -0.39 is 17.8 Å². The van der Waals surface area contributed by atoms with Gasteiger partial charge in [-0.2, -0.15) is 13.2 Å². The maximum Gasteiger partial charge on any atom is 0.416 e. The fraction of sp³-hybridized carbons (Fsp3) is 0.344. The van der Waals surface area contributed by atoms with E-state index in [2.05, 4.69) is 25.8 Å². The topological polar surface area (TPSA) is 134 Å². The Labute approximate surface area is 263 Å². The molecule has 0 saturated carbocycles. The van der Waals surface area contributed by atoms with Gasteiger partial charge in [-0.15, -0.1) is 5.10 Å². The molecule has 46 heavy (non-hydrogen) atoms. The summed E-state index contributed by atoms with van der Waals surface area (Å²) in [6.07, 6.45) is 0.975. The SMILES string of the molecule is NCCCCCC(=O)NCc1cn(-c2cccc(NC(=O)N3c4nc(-c5cccc(C(F)(F)F)c5)ccc4N4CCC3C4)c2)nn1. The number of anilines is 3. The van der Waals surface area contributed by atoms with E-state index in [1.54, 1.807) is 46.1 Å². The number of rotatable bonds is 10. The van der Waals surface area contributed by atoms with Crippen molar-refractivity contribution in [3.63, 3.8) is 0 Å². The number of hydrogen-bond acceptors (Lipinski definition) is 7. The largest absolute Gasteiger partial charge is 0.416 e. The molecule has 2 aromatic carbocycles. The van der Waals surface area contributed by atoms with Crippen molar-refractivity contribution in [3.05, 3.63) is 78.1 Å². The number of carbonyl (C=O) groups excluding carboxylic acids is 2. The number of benzene rings is 2. The van der Waals surface area contributed by atoms with Gasteiger partial charge in [-0.05, 0) is 68.3 Å². The number of nitrogens with zero attached hydrogens (tertiary/aromatic N) is 6. The summed E-state index contributed by atoms with van der Waals surface area (Å²) in [5, 5.41) is 14.1. The first kappa shape index (κ1) is 31.0. The average Bonchev–Trinajstić information content (AvgIpc) is 3.70. The summed E-state index contributed by atoms with van der Waals surface area (Å²) < 4.78 is 41.7. The molecule has 6 rings (SSSR count). The molecule has 1 fully saturated rings. The van der Waals surface area contributed by atoms with Crippen LogP contribution in [-0.4, -0.2) is 57.6 Å². The van der Waals surface area contributed by atoms with Crippen LogP contribution in [0.5, 0.6) is 0 Å². The smallest absolute Gasteiger partial charge is 0.366 e. The van der Waals surface area contributed by atoms with Gasteiger partial charge in [-0.25, -0.2) is 14.5 Å². The summed E-state index contributed by atoms with van der Waals surface area (Å²) in [6.45, 7) is 2.24. The van der Waals surface area contributed by atoms with Crippen molar-refractivity contribution in [1.82, 2.24) is 25.3 Å². The lowest BCUT2D eigenvalue weighted by molar-refractivity contribution is -0.137. The van der Waals surface area contributed by atoms with E-state index in [9.17, 15) is 22.8 Å². The molecular formula is C32H34F3N9O2. The number of carbonyl (C=O) groups is 2. The second-order valence-corrected chi connectivity index (χ2v) is 11.4. The van der Waals surface area contributed by atoms with E-state index in [4.69, 9.17) is 10.7 Å². The second kappa shape index (κ2) is 13.2. The number of halogens is 3. The zero-order valence-corrected chi connectivity index (χ0v) is 25.0. The van der Waals surface area contributed by atoms with Gasteiger partial charge in [-0.3, -0.25) is 9.69 Å². The monoisotopic (exact) mass is 633 g/mol. The second-order valence-electron chi connectivity index (χ2n) is 11.4. The number of nitrogens with two attached hydrogens (primary N) is 1. The molecule has 2 aliphatic heterocycles. The van der Waals surface area contributed by atoms with Crippen molar-refractivity contribution in [2.45, 2.75) is 50.9 Å². The predicted molar refractivity (Wildman–Crippen MR) is 168 cm³/mol. The van der Waals surface area contributed by atoms with Gasteiger partial charge >= 0.3 is 12.2 Å². The molecule has 0 aliphatic carbocycles. The lowest BCUT2D eigenvalue weighted by Crippen LogP contribution is -2.48. The summed E-state index contributed by atoms with van der Waals surface area (Å²) in [5.74, 6) is 0.344. The number of fused-ring (bicyclic) bond motifs is 4. The number of amides is 3. The average molecular weight is 634 g/mol. The normalized spacial score (nSPS) is 15.5. The van der Waals surface area contributed by atoms with E-state index in [0.717, 1.165) is 50.0 Å². The standard InChI is InChI=1S/C32H34F3N9O2/c33-32(34,35)22-7-4-6-21(16-22)27-11-12-28-30(39-27)44(26-13-15-42(28)20-26)31(46)38-23-8-5-9-25(17-23)43-19-24(40-41-43)18-37-29(45)10-2-1-3-14-36/h4-9,11-12,16-17,19,26H,1-3,10,13-15,18,20,36H2,(H,37,45)(H,38,46). The molecule has 14 heteroatoms. The van der Waals surface area contributed by atoms with E-state index in [-0.39, 0.29) is 18.5 Å². The molecule has 0 spiro atoms. The number of pyridine rings is 1. The minimum atomic E-state index is -4.48. The Bertz CT molecular complexity index is 1720. The molecule has 4 N–H and O–H groups in total. The number of aromatic nitrogens is 4. The quantitative estimate of drug-likeness (QED) is 0.207. The summed E-state index contributed by atoms with van der Waals surface area (Å²) in [6, 6.07) is 15.1. The molecule has 1 saturated heterocycles. The molecule has 4 heterocycles. The van der Waals surface area contributed by atoms with Gasteiger partial charge in [-0.1, -0.05) is 29.8 Å². The molecule has 2 aromatic heterocycles. The fourth-order valence-electron chi connectivity index (χ4n) is 5.79. The zero-order valence-electron chi connectivity index (χ0n) is 25.0. The lowest BCUT2D eigenvalue weighted by Gasteiger charge is -2.36. The van der Waals surface area contributed by atoms with Crippen molar-refractivity contribution < 1.29 is 22.8 Å². The van der Waals surface area contributed by atoms with E-state index in [1.807, 2.05) is 12.1 Å². The van der Waals surface area contributed by atoms with Gasteiger partial charge in [0, 0.05) is 30.8 Å². The van der Waals surface area contributed by atoms with Crippen LogP contribution in [-0.2, 0) is 17.5 Å². The third-order valence-corrected chi connectivity index (χ3v) is 8.13. The molecule has 4 aromatic rings. The van der Waals surface area contributed by atoms with Gasteiger partial charge in [0.1, 0.15) is 5.69 Å². The molecule has 2 aliphatic rings. The summed E-state index contributed by atoms with van der Waals surface area (Å²) in [4.78, 5) is 34.4. The minimum absolute atomic E-state index is 0.0580. The Morgan fingerprint density at radius 2 is 1.87 bits per heavy atom. The Hall–Kier alpha value is -4.98. The Balaban J connectivity index is 1.17. The molecule has 11 nitrogen and oxygen atoms in total. The van der Waals surface area contributed by atoms with E-state index in [0.29, 0.717) is 53.7 Å². The van der Waals surface area contributed by atoms with Crippen LogP contribution in [0.3, 0.4) is 0 Å². The van der Waals surface area contributed by atoms with E-state index >= 15 is 0 Å². The van der Waals surface area contributed by atoms with Gasteiger partial charge in [0.15, 0.2) is 5.82 Å². The molecule has 240 valence electrons. The van der Waals surface area contributed by atoms with Crippen LogP contribution in [0.2, 0.25) is 0 Å². The highest BCUT2D eigenvalue weighted by Crippen LogP contribution is 2.41. The van der Waals surface area contributed by atoms with E-state index in [1.165, 1.54) is 6.07 Å². The van der Waals surface area contributed by atoms with Crippen LogP contribution >= 0.6 is 0 Å². The van der Waals surface area contributed by atoms with Gasteiger partial charge in [0.05, 0.1) is 41.4 Å². The maximum absolute atomic E-state index is 13.8. The maximum atomic E-state index is 13.8. The van der Waals surface area contributed by atoms with Crippen LogP contribution < -0.4 is 26.2 Å². The first-order valence-electron chi connectivity index (χ1n) is 15.2. The summed E-state index contributed by atoms with van der Waals surface area (Å²) in [5.41, 5.74) is 7.90. The fourth-order valence-corrected chi connectivity index (χ4v) is 5.79. The third kappa shape index (κ3) is 6.81. The lowest BCUT2D eigenvalue weighted by atomic mass is 10.1. The molecule has 1 atom stereocenters. The van der Waals surface area contributed by atoms with Crippen molar-refractivity contribution in [3.8, 4) is 16.9 Å². The van der Waals surface area contributed by atoms with Crippen LogP contribution in [0.15, 0.2) is 66.9 Å². The van der Waals surface area contributed by atoms with Gasteiger partial charge in [0.2, 0.25) is 5.91 Å². The number of urea groups is 1. The number of nitrogens with one attached hydrogen (secondary N) is 2. The highest BCUT2D eigenvalue weighted by atomic mass is 19.4. The number of alkyl halides is 3. The predicted octanol–water partition coefficient (Wildman–Crippen LogP) is 5.11. The van der Waals surface area contributed by atoms with Crippen LogP contribution in [0.1, 0.15) is 43.4 Å². The first-order chi connectivity index (χ1) is 22.2. The highest BCUT2D eigenvalue weighted by Gasteiger charge is 2.40. The molecule has 3 amide bonds. The zero-order chi connectivity index (χ0) is 32.3. The first-order valence-corrected chi connectivity index (χ1v) is 15.2. The number of hydrogen-bond donors (Lipinski definition) is 3. The van der Waals surface area contributed by atoms with Crippen LogP contribution in [0, 0.1) is 0 Å². The summed E-state index contributed by atoms with van der Waals surface area (Å²) >= 11 is 0. The van der Waals surface area contributed by atoms with Crippen molar-refractivity contribution in [2.75, 3.05) is 34.8 Å². The molecule has 0 radical (unpaired) electrons. The third-order valence-electron chi connectivity index (χ3n) is 8.13. The molecule has 2 bridgehead atoms. The summed E-state index contributed by atoms with van der Waals surface area (Å²) in [7, 11) is 0. The minimum Gasteiger partial charge on any atom is -0.366 e. The van der Waals surface area contributed by atoms with Crippen LogP contribution in [0.4, 0.5) is 35.2 Å². The van der Waals surface area contributed by atoms with Crippen molar-refractivity contribution in [1.29, 1.82) is 0 Å². The molecular weight excluding hydrogens is 599 g/mol. The Kier molecular flexibility index (Phi) is 8.88.